The van der Waals surface area contributed by atoms with Crippen molar-refractivity contribution >= 4 is 17.5 Å². The van der Waals surface area contributed by atoms with Crippen LogP contribution in [-0.4, -0.2) is 11.8 Å². The zero-order chi connectivity index (χ0) is 15.1. The number of para-hydroxylation sites is 1. The minimum atomic E-state index is -0.320. The van der Waals surface area contributed by atoms with Crippen molar-refractivity contribution in [1.29, 1.82) is 0 Å². The van der Waals surface area contributed by atoms with Crippen LogP contribution in [0.2, 0.25) is 0 Å². The number of carbonyl (C=O) groups is 2. The summed E-state index contributed by atoms with van der Waals surface area (Å²) in [6.07, 6.45) is -0.188. The summed E-state index contributed by atoms with van der Waals surface area (Å²) in [5.74, 6) is -0.612. The standard InChI is InChI=1S/C17H18N2O2/c1-13(14-8-4-2-5-9-14)18-16(20)12-17(21)19-15-10-6-3-7-11-15/h2-11,13H,12H2,1H3,(H,18,20)(H,19,21). The van der Waals surface area contributed by atoms with E-state index in [1.165, 1.54) is 0 Å². The summed E-state index contributed by atoms with van der Waals surface area (Å²) in [6, 6.07) is 18.6. The number of benzene rings is 2. The molecular formula is C17H18N2O2. The van der Waals surface area contributed by atoms with Gasteiger partial charge in [-0.25, -0.2) is 0 Å². The van der Waals surface area contributed by atoms with Crippen LogP contribution >= 0.6 is 0 Å². The van der Waals surface area contributed by atoms with Crippen LogP contribution in [0, 0.1) is 0 Å². The number of amides is 2. The minimum Gasteiger partial charge on any atom is -0.349 e. The molecule has 0 bridgehead atoms. The maximum atomic E-state index is 11.9. The van der Waals surface area contributed by atoms with Gasteiger partial charge in [0.2, 0.25) is 11.8 Å². The van der Waals surface area contributed by atoms with E-state index in [9.17, 15) is 9.59 Å². The fraction of sp³-hybridized carbons (Fsp3) is 0.176. The zero-order valence-corrected chi connectivity index (χ0v) is 11.9. The van der Waals surface area contributed by atoms with Crippen molar-refractivity contribution in [1.82, 2.24) is 5.32 Å². The number of hydrogen-bond acceptors (Lipinski definition) is 2. The highest BCUT2D eigenvalue weighted by molar-refractivity contribution is 6.03. The highest BCUT2D eigenvalue weighted by Crippen LogP contribution is 2.11. The van der Waals surface area contributed by atoms with Crippen LogP contribution in [0.4, 0.5) is 5.69 Å². The molecule has 0 saturated heterocycles. The van der Waals surface area contributed by atoms with Gasteiger partial charge in [0.05, 0.1) is 6.04 Å². The van der Waals surface area contributed by atoms with E-state index in [2.05, 4.69) is 10.6 Å². The molecule has 0 aromatic heterocycles. The van der Waals surface area contributed by atoms with E-state index in [4.69, 9.17) is 0 Å². The third-order valence-electron chi connectivity index (χ3n) is 3.06. The number of nitrogens with one attached hydrogen (secondary N) is 2. The fourth-order valence-corrected chi connectivity index (χ4v) is 1.99. The molecule has 21 heavy (non-hydrogen) atoms. The molecule has 0 aliphatic heterocycles. The van der Waals surface area contributed by atoms with Gasteiger partial charge in [-0.15, -0.1) is 0 Å². The maximum absolute atomic E-state index is 11.9. The third-order valence-corrected chi connectivity index (χ3v) is 3.06. The molecule has 4 heteroatoms. The van der Waals surface area contributed by atoms with Crippen molar-refractivity contribution < 1.29 is 9.59 Å². The van der Waals surface area contributed by atoms with E-state index < -0.39 is 0 Å². The smallest absolute Gasteiger partial charge is 0.233 e. The molecule has 2 amide bonds. The Morgan fingerprint density at radius 3 is 2.10 bits per heavy atom. The molecular weight excluding hydrogens is 264 g/mol. The van der Waals surface area contributed by atoms with Crippen molar-refractivity contribution in [3.05, 3.63) is 66.2 Å². The highest BCUT2D eigenvalue weighted by Gasteiger charge is 2.13. The van der Waals surface area contributed by atoms with Gasteiger partial charge in [-0.05, 0) is 24.6 Å². The quantitative estimate of drug-likeness (QED) is 0.828. The van der Waals surface area contributed by atoms with Crippen LogP contribution in [0.5, 0.6) is 0 Å². The second kappa shape index (κ2) is 7.24. The van der Waals surface area contributed by atoms with Gasteiger partial charge in [-0.1, -0.05) is 48.5 Å². The van der Waals surface area contributed by atoms with Crippen molar-refractivity contribution in [2.75, 3.05) is 5.32 Å². The Kier molecular flexibility index (Phi) is 5.10. The average Bonchev–Trinajstić information content (AvgIpc) is 2.48. The first kappa shape index (κ1) is 14.8. The molecule has 4 nitrogen and oxygen atoms in total. The molecule has 0 fully saturated rings. The predicted octanol–water partition coefficient (Wildman–Crippen LogP) is 2.89. The molecule has 1 atom stereocenters. The Labute approximate surface area is 124 Å². The molecule has 2 aromatic rings. The molecule has 2 aromatic carbocycles. The first-order chi connectivity index (χ1) is 10.1. The Morgan fingerprint density at radius 2 is 1.48 bits per heavy atom. The second-order valence-corrected chi connectivity index (χ2v) is 4.79. The largest absolute Gasteiger partial charge is 0.349 e. The molecule has 0 aliphatic rings. The second-order valence-electron chi connectivity index (χ2n) is 4.79. The van der Waals surface area contributed by atoms with Crippen molar-refractivity contribution in [2.45, 2.75) is 19.4 Å². The first-order valence-corrected chi connectivity index (χ1v) is 6.84. The van der Waals surface area contributed by atoms with Crippen molar-refractivity contribution in [2.24, 2.45) is 0 Å². The van der Waals surface area contributed by atoms with Crippen molar-refractivity contribution in [3.8, 4) is 0 Å². The lowest BCUT2D eigenvalue weighted by Crippen LogP contribution is -2.30. The van der Waals surface area contributed by atoms with E-state index in [1.807, 2.05) is 55.5 Å². The lowest BCUT2D eigenvalue weighted by molar-refractivity contribution is -0.127. The summed E-state index contributed by atoms with van der Waals surface area (Å²) in [5, 5.41) is 5.50. The Bertz CT molecular complexity index is 597. The number of rotatable bonds is 5. The Balaban J connectivity index is 1.83. The summed E-state index contributed by atoms with van der Waals surface area (Å²) in [7, 11) is 0. The van der Waals surface area contributed by atoms with Crippen LogP contribution in [0.15, 0.2) is 60.7 Å². The van der Waals surface area contributed by atoms with Gasteiger partial charge in [0.1, 0.15) is 6.42 Å². The number of carbonyl (C=O) groups excluding carboxylic acids is 2. The van der Waals surface area contributed by atoms with Crippen molar-refractivity contribution in [3.63, 3.8) is 0 Å². The monoisotopic (exact) mass is 282 g/mol. The normalized spacial score (nSPS) is 11.5. The van der Waals surface area contributed by atoms with E-state index in [1.54, 1.807) is 12.1 Å². The molecule has 0 heterocycles. The SMILES string of the molecule is CC(NC(=O)CC(=O)Nc1ccccc1)c1ccccc1. The Hall–Kier alpha value is -2.62. The summed E-state index contributed by atoms with van der Waals surface area (Å²) in [6.45, 7) is 1.89. The lowest BCUT2D eigenvalue weighted by atomic mass is 10.1. The van der Waals surface area contributed by atoms with Crippen LogP contribution in [-0.2, 0) is 9.59 Å². The van der Waals surface area contributed by atoms with Gasteiger partial charge < -0.3 is 10.6 Å². The molecule has 0 aliphatic carbocycles. The Morgan fingerprint density at radius 1 is 0.905 bits per heavy atom. The molecule has 0 radical (unpaired) electrons. The molecule has 2 rings (SSSR count). The molecule has 0 spiro atoms. The van der Waals surface area contributed by atoms with Crippen LogP contribution < -0.4 is 10.6 Å². The third kappa shape index (κ3) is 4.76. The summed E-state index contributed by atoms with van der Waals surface area (Å²) >= 11 is 0. The topological polar surface area (TPSA) is 58.2 Å². The van der Waals surface area contributed by atoms with E-state index >= 15 is 0 Å². The lowest BCUT2D eigenvalue weighted by Gasteiger charge is -2.14. The molecule has 2 N–H and O–H groups in total. The van der Waals surface area contributed by atoms with Gasteiger partial charge in [0.15, 0.2) is 0 Å². The molecule has 0 saturated carbocycles. The van der Waals surface area contributed by atoms with E-state index in [-0.39, 0.29) is 24.3 Å². The zero-order valence-electron chi connectivity index (χ0n) is 11.9. The number of anilines is 1. The van der Waals surface area contributed by atoms with Gasteiger partial charge >= 0.3 is 0 Å². The molecule has 1 unspecified atom stereocenters. The van der Waals surface area contributed by atoms with Gasteiger partial charge in [0, 0.05) is 5.69 Å². The fourth-order valence-electron chi connectivity index (χ4n) is 1.99. The summed E-state index contributed by atoms with van der Waals surface area (Å²) < 4.78 is 0. The van der Waals surface area contributed by atoms with Crippen LogP contribution in [0.3, 0.4) is 0 Å². The predicted molar refractivity (Wildman–Crippen MR) is 82.7 cm³/mol. The summed E-state index contributed by atoms with van der Waals surface area (Å²) in [4.78, 5) is 23.6. The van der Waals surface area contributed by atoms with Gasteiger partial charge in [-0.2, -0.15) is 0 Å². The van der Waals surface area contributed by atoms with Gasteiger partial charge in [0.25, 0.3) is 0 Å². The van der Waals surface area contributed by atoms with E-state index in [0.717, 1.165) is 5.56 Å². The maximum Gasteiger partial charge on any atom is 0.233 e. The first-order valence-electron chi connectivity index (χ1n) is 6.84. The van der Waals surface area contributed by atoms with Gasteiger partial charge in [-0.3, -0.25) is 9.59 Å². The average molecular weight is 282 g/mol. The minimum absolute atomic E-state index is 0.122. The van der Waals surface area contributed by atoms with E-state index in [0.29, 0.717) is 5.69 Å². The highest BCUT2D eigenvalue weighted by atomic mass is 16.2. The van der Waals surface area contributed by atoms with Crippen LogP contribution in [0.1, 0.15) is 24.9 Å². The van der Waals surface area contributed by atoms with Crippen LogP contribution in [0.25, 0.3) is 0 Å². The number of hydrogen-bond donors (Lipinski definition) is 2. The molecule has 108 valence electrons. The summed E-state index contributed by atoms with van der Waals surface area (Å²) in [5.41, 5.74) is 1.70.